The first-order valence-corrected chi connectivity index (χ1v) is 10.3. The van der Waals surface area contributed by atoms with Gasteiger partial charge in [0.2, 0.25) is 0 Å². The van der Waals surface area contributed by atoms with Crippen molar-refractivity contribution in [2.24, 2.45) is 4.99 Å². The SMILES string of the molecule is CSCCn1c(=NC(=O)/C=C/c2ccccc2)sc2cc(C)ccc21. The van der Waals surface area contributed by atoms with E-state index >= 15 is 0 Å². The molecular formula is C20H20N2OS2. The molecule has 0 saturated heterocycles. The Hall–Kier alpha value is -2.11. The molecule has 0 N–H and O–H groups in total. The highest BCUT2D eigenvalue weighted by Gasteiger charge is 2.07. The van der Waals surface area contributed by atoms with E-state index < -0.39 is 0 Å². The summed E-state index contributed by atoms with van der Waals surface area (Å²) < 4.78 is 3.31. The number of carbonyl (C=O) groups excluding carboxylic acids is 1. The number of carbonyl (C=O) groups is 1. The van der Waals surface area contributed by atoms with Crippen LogP contribution in [-0.4, -0.2) is 22.5 Å². The Balaban J connectivity index is 1.96. The maximum absolute atomic E-state index is 12.3. The minimum Gasteiger partial charge on any atom is -0.316 e. The van der Waals surface area contributed by atoms with Crippen LogP contribution in [-0.2, 0) is 11.3 Å². The molecule has 25 heavy (non-hydrogen) atoms. The first kappa shape index (κ1) is 17.7. The number of amides is 1. The minimum absolute atomic E-state index is 0.231. The van der Waals surface area contributed by atoms with Crippen LogP contribution in [0.1, 0.15) is 11.1 Å². The lowest BCUT2D eigenvalue weighted by atomic mass is 10.2. The molecule has 0 atom stereocenters. The predicted molar refractivity (Wildman–Crippen MR) is 109 cm³/mol. The maximum Gasteiger partial charge on any atom is 0.272 e. The third kappa shape index (κ3) is 4.50. The second-order valence-corrected chi connectivity index (χ2v) is 7.69. The zero-order valence-electron chi connectivity index (χ0n) is 14.3. The van der Waals surface area contributed by atoms with Gasteiger partial charge in [-0.2, -0.15) is 16.8 Å². The van der Waals surface area contributed by atoms with E-state index in [2.05, 4.69) is 40.9 Å². The minimum atomic E-state index is -0.231. The number of hydrogen-bond acceptors (Lipinski definition) is 3. The van der Waals surface area contributed by atoms with Gasteiger partial charge in [-0.15, -0.1) is 0 Å². The van der Waals surface area contributed by atoms with Gasteiger partial charge in [0.1, 0.15) is 0 Å². The van der Waals surface area contributed by atoms with Gasteiger partial charge < -0.3 is 4.57 Å². The lowest BCUT2D eigenvalue weighted by Gasteiger charge is -2.03. The van der Waals surface area contributed by atoms with E-state index in [9.17, 15) is 4.79 Å². The van der Waals surface area contributed by atoms with E-state index in [-0.39, 0.29) is 5.91 Å². The smallest absolute Gasteiger partial charge is 0.272 e. The number of thioether (sulfide) groups is 1. The summed E-state index contributed by atoms with van der Waals surface area (Å²) in [7, 11) is 0. The predicted octanol–water partition coefficient (Wildman–Crippen LogP) is 4.51. The highest BCUT2D eigenvalue weighted by Crippen LogP contribution is 2.19. The van der Waals surface area contributed by atoms with E-state index in [0.29, 0.717) is 0 Å². The molecule has 0 aliphatic heterocycles. The zero-order chi connectivity index (χ0) is 17.6. The molecule has 0 fully saturated rings. The van der Waals surface area contributed by atoms with E-state index in [4.69, 9.17) is 0 Å². The average Bonchev–Trinajstić information content (AvgIpc) is 2.95. The van der Waals surface area contributed by atoms with Crippen molar-refractivity contribution in [3.63, 3.8) is 0 Å². The Morgan fingerprint density at radius 2 is 2.04 bits per heavy atom. The molecule has 1 heterocycles. The molecule has 2 aromatic carbocycles. The summed E-state index contributed by atoms with van der Waals surface area (Å²) in [6, 6.07) is 16.2. The molecule has 0 radical (unpaired) electrons. The van der Waals surface area contributed by atoms with Crippen LogP contribution >= 0.6 is 23.1 Å². The quantitative estimate of drug-likeness (QED) is 0.621. The van der Waals surface area contributed by atoms with Crippen LogP contribution in [0.5, 0.6) is 0 Å². The first-order chi connectivity index (χ1) is 12.2. The van der Waals surface area contributed by atoms with Crippen LogP contribution in [0, 0.1) is 6.92 Å². The highest BCUT2D eigenvalue weighted by molar-refractivity contribution is 7.98. The summed E-state index contributed by atoms with van der Waals surface area (Å²) in [4.78, 5) is 17.4. The maximum atomic E-state index is 12.3. The molecule has 1 aromatic heterocycles. The van der Waals surface area contributed by atoms with E-state index in [0.717, 1.165) is 28.2 Å². The van der Waals surface area contributed by atoms with Gasteiger partial charge in [0.05, 0.1) is 10.2 Å². The molecule has 128 valence electrons. The number of thiazole rings is 1. The Labute approximate surface area is 155 Å². The topological polar surface area (TPSA) is 34.4 Å². The monoisotopic (exact) mass is 368 g/mol. The Morgan fingerprint density at radius 3 is 2.80 bits per heavy atom. The zero-order valence-corrected chi connectivity index (χ0v) is 15.9. The summed E-state index contributed by atoms with van der Waals surface area (Å²) >= 11 is 3.36. The lowest BCUT2D eigenvalue weighted by Crippen LogP contribution is -2.17. The van der Waals surface area contributed by atoms with Gasteiger partial charge in [-0.1, -0.05) is 47.7 Å². The van der Waals surface area contributed by atoms with Crippen LogP contribution in [0.4, 0.5) is 0 Å². The summed E-state index contributed by atoms with van der Waals surface area (Å²) in [5.41, 5.74) is 3.35. The van der Waals surface area contributed by atoms with Crippen molar-refractivity contribution in [1.82, 2.24) is 4.57 Å². The number of hydrogen-bond donors (Lipinski definition) is 0. The number of benzene rings is 2. The fourth-order valence-corrected chi connectivity index (χ4v) is 4.05. The average molecular weight is 369 g/mol. The van der Waals surface area contributed by atoms with Crippen LogP contribution in [0.25, 0.3) is 16.3 Å². The molecule has 0 bridgehead atoms. The highest BCUT2D eigenvalue weighted by atomic mass is 32.2. The molecule has 5 heteroatoms. The molecule has 3 nitrogen and oxygen atoms in total. The van der Waals surface area contributed by atoms with Crippen molar-refractivity contribution in [1.29, 1.82) is 0 Å². The number of fused-ring (bicyclic) bond motifs is 1. The fraction of sp³-hybridized carbons (Fsp3) is 0.200. The van der Waals surface area contributed by atoms with Gasteiger partial charge in [0, 0.05) is 18.4 Å². The number of nitrogens with zero attached hydrogens (tertiary/aromatic N) is 2. The Morgan fingerprint density at radius 1 is 1.24 bits per heavy atom. The molecule has 0 aliphatic rings. The molecular weight excluding hydrogens is 348 g/mol. The molecule has 3 rings (SSSR count). The van der Waals surface area contributed by atoms with Crippen molar-refractivity contribution >= 4 is 45.3 Å². The largest absolute Gasteiger partial charge is 0.316 e. The fourth-order valence-electron chi connectivity index (χ4n) is 2.53. The lowest BCUT2D eigenvalue weighted by molar-refractivity contribution is -0.113. The van der Waals surface area contributed by atoms with Crippen molar-refractivity contribution in [2.75, 3.05) is 12.0 Å². The van der Waals surface area contributed by atoms with Crippen LogP contribution in [0.3, 0.4) is 0 Å². The summed E-state index contributed by atoms with van der Waals surface area (Å²) in [5, 5.41) is 0. The van der Waals surface area contributed by atoms with Gasteiger partial charge in [-0.05, 0) is 42.5 Å². The number of aryl methyl sites for hydroxylation is 2. The molecule has 1 amide bonds. The first-order valence-electron chi connectivity index (χ1n) is 8.08. The Bertz CT molecular complexity index is 968. The van der Waals surface area contributed by atoms with Crippen molar-refractivity contribution in [2.45, 2.75) is 13.5 Å². The molecule has 3 aromatic rings. The van der Waals surface area contributed by atoms with E-state index in [1.807, 2.05) is 30.3 Å². The third-order valence-corrected chi connectivity index (χ3v) is 5.41. The molecule has 0 unspecified atom stereocenters. The molecule has 0 aliphatic carbocycles. The number of aromatic nitrogens is 1. The van der Waals surface area contributed by atoms with E-state index in [1.54, 1.807) is 29.2 Å². The second kappa shape index (κ2) is 8.32. The molecule has 0 saturated carbocycles. The summed E-state index contributed by atoms with van der Waals surface area (Å²) in [6.07, 6.45) is 5.42. The van der Waals surface area contributed by atoms with Gasteiger partial charge in [-0.3, -0.25) is 4.79 Å². The van der Waals surface area contributed by atoms with Crippen LogP contribution in [0.15, 0.2) is 59.6 Å². The van der Waals surface area contributed by atoms with Crippen molar-refractivity contribution in [3.8, 4) is 0 Å². The molecule has 0 spiro atoms. The van der Waals surface area contributed by atoms with Crippen molar-refractivity contribution < 1.29 is 4.79 Å². The standard InChI is InChI=1S/C20H20N2OS2/c1-15-8-10-17-18(14-15)25-20(22(17)12-13-24-2)21-19(23)11-9-16-6-4-3-5-7-16/h3-11,14H,12-13H2,1-2H3/b11-9+,21-20?. The summed E-state index contributed by atoms with van der Waals surface area (Å²) in [5.74, 6) is 0.756. The normalized spacial score (nSPS) is 12.3. The number of rotatable bonds is 5. The van der Waals surface area contributed by atoms with Gasteiger partial charge >= 0.3 is 0 Å². The third-order valence-electron chi connectivity index (χ3n) is 3.78. The van der Waals surface area contributed by atoms with Gasteiger partial charge in [0.25, 0.3) is 5.91 Å². The Kier molecular flexibility index (Phi) is 5.89. The van der Waals surface area contributed by atoms with E-state index in [1.165, 1.54) is 16.3 Å². The second-order valence-electron chi connectivity index (χ2n) is 5.69. The van der Waals surface area contributed by atoms with Gasteiger partial charge in [0.15, 0.2) is 4.80 Å². The van der Waals surface area contributed by atoms with Crippen LogP contribution < -0.4 is 4.80 Å². The van der Waals surface area contributed by atoms with Crippen molar-refractivity contribution in [3.05, 3.63) is 70.5 Å². The summed E-state index contributed by atoms with van der Waals surface area (Å²) in [6.45, 7) is 2.93. The van der Waals surface area contributed by atoms with Crippen LogP contribution in [0.2, 0.25) is 0 Å². The van der Waals surface area contributed by atoms with Gasteiger partial charge in [-0.25, -0.2) is 0 Å².